The first-order valence-corrected chi connectivity index (χ1v) is 10.8. The van der Waals surface area contributed by atoms with Gasteiger partial charge in [0, 0.05) is 29.8 Å². The van der Waals surface area contributed by atoms with Crippen LogP contribution in [0.25, 0.3) is 11.0 Å². The first-order chi connectivity index (χ1) is 16.5. The van der Waals surface area contributed by atoms with E-state index in [2.05, 4.69) is 16.0 Å². The van der Waals surface area contributed by atoms with E-state index in [1.54, 1.807) is 42.3 Å². The number of rotatable bonds is 8. The molecular formula is C27H26N4O3. The molecule has 0 fully saturated rings. The Balaban J connectivity index is 1.57. The first-order valence-electron chi connectivity index (χ1n) is 10.8. The molecule has 34 heavy (non-hydrogen) atoms. The van der Waals surface area contributed by atoms with Crippen molar-refractivity contribution in [3.8, 4) is 23.8 Å². The highest BCUT2D eigenvalue weighted by molar-refractivity contribution is 5.97. The molecule has 0 unspecified atom stereocenters. The van der Waals surface area contributed by atoms with Crippen LogP contribution in [0.3, 0.4) is 0 Å². The molecule has 0 aliphatic rings. The Bertz CT molecular complexity index is 1350. The quantitative estimate of drug-likeness (QED) is 0.375. The molecule has 0 aliphatic carbocycles. The van der Waals surface area contributed by atoms with Crippen molar-refractivity contribution in [3.05, 3.63) is 83.2 Å². The molecule has 172 valence electrons. The number of benzene rings is 2. The van der Waals surface area contributed by atoms with E-state index < -0.39 is 0 Å². The summed E-state index contributed by atoms with van der Waals surface area (Å²) in [5.41, 5.74) is 4.27. The van der Waals surface area contributed by atoms with Crippen LogP contribution in [0.1, 0.15) is 27.0 Å². The maximum absolute atomic E-state index is 13.2. The molecule has 1 amide bonds. The van der Waals surface area contributed by atoms with E-state index in [-0.39, 0.29) is 12.5 Å². The second kappa shape index (κ2) is 10.1. The van der Waals surface area contributed by atoms with Gasteiger partial charge in [0.05, 0.1) is 39.1 Å². The van der Waals surface area contributed by atoms with E-state index in [0.29, 0.717) is 30.0 Å². The first kappa shape index (κ1) is 22.9. The summed E-state index contributed by atoms with van der Waals surface area (Å²) in [5.74, 6) is 3.84. The minimum Gasteiger partial charge on any atom is -0.497 e. The summed E-state index contributed by atoms with van der Waals surface area (Å²) in [7, 11) is 3.23. The number of fused-ring (bicyclic) bond motifs is 1. The zero-order chi connectivity index (χ0) is 24.1. The van der Waals surface area contributed by atoms with Crippen molar-refractivity contribution in [1.29, 1.82) is 0 Å². The second-order valence-electron chi connectivity index (χ2n) is 7.97. The normalized spacial score (nSPS) is 10.6. The van der Waals surface area contributed by atoms with Crippen LogP contribution in [0, 0.1) is 19.3 Å². The summed E-state index contributed by atoms with van der Waals surface area (Å²) in [6.07, 6.45) is 8.83. The molecule has 0 radical (unpaired) electrons. The van der Waals surface area contributed by atoms with E-state index in [1.165, 1.54) is 0 Å². The Labute approximate surface area is 198 Å². The lowest BCUT2D eigenvalue weighted by Crippen LogP contribution is -2.31. The van der Waals surface area contributed by atoms with Crippen LogP contribution >= 0.6 is 0 Å². The smallest absolute Gasteiger partial charge is 0.256 e. The van der Waals surface area contributed by atoms with Crippen LogP contribution in [0.2, 0.25) is 0 Å². The molecule has 4 aromatic rings. The van der Waals surface area contributed by atoms with Crippen molar-refractivity contribution in [3.63, 3.8) is 0 Å². The fourth-order valence-electron chi connectivity index (χ4n) is 3.75. The average molecular weight is 455 g/mol. The Hall–Kier alpha value is -4.31. The molecule has 2 aromatic heterocycles. The van der Waals surface area contributed by atoms with Crippen molar-refractivity contribution in [1.82, 2.24) is 19.7 Å². The molecule has 0 saturated carbocycles. The SMILES string of the molecule is C#CCN(Cc1ccc(C)cc1)C(=O)c1cnc2c(cnn2Cc2ccc(OC)cc2OC)c1. The van der Waals surface area contributed by atoms with Gasteiger partial charge in [0.15, 0.2) is 5.65 Å². The third-order valence-corrected chi connectivity index (χ3v) is 5.60. The maximum atomic E-state index is 13.2. The molecule has 0 aliphatic heterocycles. The van der Waals surface area contributed by atoms with Crippen molar-refractivity contribution < 1.29 is 14.3 Å². The molecule has 0 saturated heterocycles. The number of carbonyl (C=O) groups is 1. The number of amides is 1. The van der Waals surface area contributed by atoms with Crippen molar-refractivity contribution in [2.75, 3.05) is 20.8 Å². The molecular weight excluding hydrogens is 428 g/mol. The van der Waals surface area contributed by atoms with Crippen molar-refractivity contribution in [2.24, 2.45) is 0 Å². The lowest BCUT2D eigenvalue weighted by Gasteiger charge is -2.20. The van der Waals surface area contributed by atoms with E-state index in [1.807, 2.05) is 49.4 Å². The Morgan fingerprint density at radius 2 is 1.88 bits per heavy atom. The highest BCUT2D eigenvalue weighted by atomic mass is 16.5. The number of aromatic nitrogens is 3. The van der Waals surface area contributed by atoms with Gasteiger partial charge in [-0.1, -0.05) is 35.7 Å². The fraction of sp³-hybridized carbons (Fsp3) is 0.222. The van der Waals surface area contributed by atoms with Crippen molar-refractivity contribution in [2.45, 2.75) is 20.0 Å². The van der Waals surface area contributed by atoms with E-state index in [9.17, 15) is 4.79 Å². The van der Waals surface area contributed by atoms with Gasteiger partial charge in [-0.25, -0.2) is 9.67 Å². The van der Waals surface area contributed by atoms with Gasteiger partial charge in [-0.05, 0) is 30.7 Å². The number of terminal acetylenes is 1. The second-order valence-corrected chi connectivity index (χ2v) is 7.97. The molecule has 0 N–H and O–H groups in total. The van der Waals surface area contributed by atoms with Gasteiger partial charge < -0.3 is 14.4 Å². The summed E-state index contributed by atoms with van der Waals surface area (Å²) in [6.45, 7) is 3.13. The number of pyridine rings is 1. The monoisotopic (exact) mass is 454 g/mol. The summed E-state index contributed by atoms with van der Waals surface area (Å²) in [4.78, 5) is 19.4. The predicted molar refractivity (Wildman–Crippen MR) is 131 cm³/mol. The van der Waals surface area contributed by atoms with Crippen LogP contribution in [0.5, 0.6) is 11.5 Å². The van der Waals surface area contributed by atoms with Crippen LogP contribution in [0.4, 0.5) is 0 Å². The molecule has 2 heterocycles. The number of aryl methyl sites for hydroxylation is 1. The third-order valence-electron chi connectivity index (χ3n) is 5.60. The highest BCUT2D eigenvalue weighted by Crippen LogP contribution is 2.26. The number of carbonyl (C=O) groups excluding carboxylic acids is 1. The molecule has 0 atom stereocenters. The third kappa shape index (κ3) is 4.86. The number of ether oxygens (including phenoxy) is 2. The molecule has 0 spiro atoms. The van der Waals surface area contributed by atoms with Gasteiger partial charge in [0.1, 0.15) is 11.5 Å². The number of methoxy groups -OCH3 is 2. The number of hydrogen-bond donors (Lipinski definition) is 0. The predicted octanol–water partition coefficient (Wildman–Crippen LogP) is 4.08. The van der Waals surface area contributed by atoms with Crippen LogP contribution in [-0.4, -0.2) is 46.3 Å². The topological polar surface area (TPSA) is 69.5 Å². The minimum atomic E-state index is -0.169. The summed E-state index contributed by atoms with van der Waals surface area (Å²) in [6, 6.07) is 15.5. The van der Waals surface area contributed by atoms with E-state index in [4.69, 9.17) is 15.9 Å². The maximum Gasteiger partial charge on any atom is 0.256 e. The molecule has 2 aromatic carbocycles. The summed E-state index contributed by atoms with van der Waals surface area (Å²) < 4.78 is 12.5. The van der Waals surface area contributed by atoms with Gasteiger partial charge >= 0.3 is 0 Å². The summed E-state index contributed by atoms with van der Waals surface area (Å²) in [5, 5.41) is 5.25. The van der Waals surface area contributed by atoms with Crippen LogP contribution in [0.15, 0.2) is 60.9 Å². The van der Waals surface area contributed by atoms with Gasteiger partial charge in [0.2, 0.25) is 0 Å². The Morgan fingerprint density at radius 3 is 2.59 bits per heavy atom. The Morgan fingerprint density at radius 1 is 1.09 bits per heavy atom. The molecule has 0 bridgehead atoms. The van der Waals surface area contributed by atoms with Crippen LogP contribution in [-0.2, 0) is 13.1 Å². The van der Waals surface area contributed by atoms with Crippen LogP contribution < -0.4 is 9.47 Å². The van der Waals surface area contributed by atoms with Gasteiger partial charge in [-0.3, -0.25) is 4.79 Å². The lowest BCUT2D eigenvalue weighted by molar-refractivity contribution is 0.0765. The van der Waals surface area contributed by atoms with Crippen molar-refractivity contribution >= 4 is 16.9 Å². The lowest BCUT2D eigenvalue weighted by atomic mass is 10.1. The van der Waals surface area contributed by atoms with E-state index in [0.717, 1.165) is 27.8 Å². The molecule has 7 nitrogen and oxygen atoms in total. The zero-order valence-corrected chi connectivity index (χ0v) is 19.5. The standard InChI is InChI=1S/C27H26N4O3/c1-5-12-30(17-20-8-6-19(2)7-9-20)27(32)23-13-22-16-29-31(26(22)28-15-23)18-21-10-11-24(33-3)14-25(21)34-4/h1,6-11,13-16H,12,17-18H2,2-4H3. The van der Waals surface area contributed by atoms with Gasteiger partial charge in [0.25, 0.3) is 5.91 Å². The number of hydrogen-bond acceptors (Lipinski definition) is 5. The summed E-state index contributed by atoms with van der Waals surface area (Å²) >= 11 is 0. The highest BCUT2D eigenvalue weighted by Gasteiger charge is 2.18. The average Bonchev–Trinajstić information content (AvgIpc) is 3.26. The Kier molecular flexibility index (Phi) is 6.79. The molecule has 7 heteroatoms. The van der Waals surface area contributed by atoms with Gasteiger partial charge in [-0.15, -0.1) is 6.42 Å². The zero-order valence-electron chi connectivity index (χ0n) is 19.5. The number of nitrogens with zero attached hydrogens (tertiary/aromatic N) is 4. The molecule has 4 rings (SSSR count). The minimum absolute atomic E-state index is 0.169. The van der Waals surface area contributed by atoms with Gasteiger partial charge in [-0.2, -0.15) is 5.10 Å². The van der Waals surface area contributed by atoms with E-state index >= 15 is 0 Å². The largest absolute Gasteiger partial charge is 0.497 e. The fourth-order valence-corrected chi connectivity index (χ4v) is 3.75.